The zero-order valence-corrected chi connectivity index (χ0v) is 19.5. The third-order valence-electron chi connectivity index (χ3n) is 6.12. The number of fused-ring (bicyclic) bond motifs is 1. The lowest BCUT2D eigenvalue weighted by molar-refractivity contribution is 0.150. The highest BCUT2D eigenvalue weighted by molar-refractivity contribution is 5.40. The molecular formula is C26H40N4O2. The summed E-state index contributed by atoms with van der Waals surface area (Å²) < 4.78 is 5.37. The van der Waals surface area contributed by atoms with Crippen LogP contribution in [0.1, 0.15) is 39.0 Å². The maximum atomic E-state index is 11.2. The largest absolute Gasteiger partial charge is 0.380 e. The van der Waals surface area contributed by atoms with E-state index in [1.54, 1.807) is 0 Å². The highest BCUT2D eigenvalue weighted by Crippen LogP contribution is 2.28. The van der Waals surface area contributed by atoms with Crippen molar-refractivity contribution in [2.24, 2.45) is 0 Å². The van der Waals surface area contributed by atoms with Crippen LogP contribution in [0.5, 0.6) is 0 Å². The number of aliphatic hydroxyl groups is 1. The molecule has 6 heteroatoms. The van der Waals surface area contributed by atoms with Crippen LogP contribution in [-0.2, 0) is 4.74 Å². The Morgan fingerprint density at radius 1 is 1.38 bits per heavy atom. The van der Waals surface area contributed by atoms with Crippen LogP contribution in [0.25, 0.3) is 0 Å². The van der Waals surface area contributed by atoms with E-state index in [0.717, 1.165) is 69.0 Å². The van der Waals surface area contributed by atoms with E-state index in [0.29, 0.717) is 6.61 Å². The second kappa shape index (κ2) is 12.8. The monoisotopic (exact) mass is 440 g/mol. The predicted molar refractivity (Wildman–Crippen MR) is 132 cm³/mol. The molecule has 32 heavy (non-hydrogen) atoms. The number of piperidine rings is 1. The quantitative estimate of drug-likeness (QED) is 0.212. The predicted octanol–water partition coefficient (Wildman–Crippen LogP) is 3.09. The fourth-order valence-corrected chi connectivity index (χ4v) is 4.44. The number of ether oxygens (including phenoxy) is 1. The van der Waals surface area contributed by atoms with E-state index in [1.165, 1.54) is 24.1 Å². The summed E-state index contributed by atoms with van der Waals surface area (Å²) in [6.07, 6.45) is 14.8. The van der Waals surface area contributed by atoms with Gasteiger partial charge in [0, 0.05) is 61.5 Å². The number of allylic oxidation sites excluding steroid dienone is 3. The van der Waals surface area contributed by atoms with Gasteiger partial charge in [-0.3, -0.25) is 5.32 Å². The molecule has 2 atom stereocenters. The zero-order chi connectivity index (χ0) is 22.8. The Morgan fingerprint density at radius 2 is 2.19 bits per heavy atom. The number of hydrogen-bond acceptors (Lipinski definition) is 6. The van der Waals surface area contributed by atoms with Gasteiger partial charge in [0.1, 0.15) is 6.23 Å². The van der Waals surface area contributed by atoms with Gasteiger partial charge >= 0.3 is 0 Å². The van der Waals surface area contributed by atoms with Crippen molar-refractivity contribution in [3.63, 3.8) is 0 Å². The van der Waals surface area contributed by atoms with Gasteiger partial charge in [-0.2, -0.15) is 0 Å². The summed E-state index contributed by atoms with van der Waals surface area (Å²) in [4.78, 5) is 2.33. The average molecular weight is 441 g/mol. The van der Waals surface area contributed by atoms with E-state index < -0.39 is 6.23 Å². The molecule has 2 saturated heterocycles. The highest BCUT2D eigenvalue weighted by atomic mass is 16.5. The average Bonchev–Trinajstić information content (AvgIpc) is 3.32. The van der Waals surface area contributed by atoms with Crippen molar-refractivity contribution < 1.29 is 9.84 Å². The van der Waals surface area contributed by atoms with Crippen molar-refractivity contribution in [2.45, 2.75) is 51.3 Å². The van der Waals surface area contributed by atoms with Crippen LogP contribution in [0.3, 0.4) is 0 Å². The Kier molecular flexibility index (Phi) is 9.81. The lowest BCUT2D eigenvalue weighted by Gasteiger charge is -2.31. The molecule has 2 unspecified atom stereocenters. The van der Waals surface area contributed by atoms with Crippen molar-refractivity contribution in [2.75, 3.05) is 39.4 Å². The summed E-state index contributed by atoms with van der Waals surface area (Å²) in [5.41, 5.74) is 5.44. The molecule has 0 aromatic rings. The normalized spacial score (nSPS) is 22.8. The smallest absolute Gasteiger partial charge is 0.133 e. The highest BCUT2D eigenvalue weighted by Gasteiger charge is 2.24. The maximum Gasteiger partial charge on any atom is 0.133 e. The number of likely N-dealkylation sites (tertiary alicyclic amines) is 1. The Morgan fingerprint density at radius 3 is 2.94 bits per heavy atom. The minimum absolute atomic E-state index is 0.0919. The van der Waals surface area contributed by atoms with Gasteiger partial charge in [0.2, 0.25) is 0 Å². The first-order valence-corrected chi connectivity index (χ1v) is 12.0. The first-order chi connectivity index (χ1) is 15.6. The van der Waals surface area contributed by atoms with Crippen LogP contribution in [0.15, 0.2) is 71.8 Å². The second-order valence-corrected chi connectivity index (χ2v) is 8.49. The number of aliphatic hydroxyl groups excluding tert-OH is 1. The Hall–Kier alpha value is -2.12. The summed E-state index contributed by atoms with van der Waals surface area (Å²) in [6, 6.07) is 0.0919. The third kappa shape index (κ3) is 6.94. The molecule has 3 aliphatic rings. The van der Waals surface area contributed by atoms with E-state index in [1.807, 2.05) is 19.1 Å². The standard InChI is InChI=1S/C26H40N4O2/c1-4-25(30-16-6-7-17-30)23(9-8-14-27-15-18-32-5-2)26(31)29-22-12-13-24-21(19-22)11-10-20(3)28-24/h4,8-9,13,19,22,26-29,31H,1,3,5-7,10-12,14-18H2,2H3/b9-8+,25-23-. The van der Waals surface area contributed by atoms with E-state index >= 15 is 0 Å². The van der Waals surface area contributed by atoms with Crippen LogP contribution in [0.4, 0.5) is 0 Å². The van der Waals surface area contributed by atoms with Gasteiger partial charge in [0.25, 0.3) is 0 Å². The Labute approximate surface area is 193 Å². The topological polar surface area (TPSA) is 68.8 Å². The molecule has 2 heterocycles. The van der Waals surface area contributed by atoms with Crippen LogP contribution in [0.2, 0.25) is 0 Å². The molecule has 0 amide bonds. The van der Waals surface area contributed by atoms with Crippen molar-refractivity contribution in [3.05, 3.63) is 71.8 Å². The summed E-state index contributed by atoms with van der Waals surface area (Å²) >= 11 is 0. The van der Waals surface area contributed by atoms with Crippen molar-refractivity contribution >= 4 is 0 Å². The number of hydrogen-bond donors (Lipinski definition) is 4. The summed E-state index contributed by atoms with van der Waals surface area (Å²) in [5, 5.41) is 21.4. The van der Waals surface area contributed by atoms with Crippen molar-refractivity contribution in [3.8, 4) is 0 Å². The summed E-state index contributed by atoms with van der Waals surface area (Å²) in [7, 11) is 0. The molecule has 0 radical (unpaired) electrons. The molecule has 0 saturated carbocycles. The summed E-state index contributed by atoms with van der Waals surface area (Å²) in [6.45, 7) is 15.1. The summed E-state index contributed by atoms with van der Waals surface area (Å²) in [5.74, 6) is 0. The van der Waals surface area contributed by atoms with Gasteiger partial charge in [0.15, 0.2) is 0 Å². The zero-order valence-electron chi connectivity index (χ0n) is 19.5. The lowest BCUT2D eigenvalue weighted by Crippen LogP contribution is -2.41. The molecule has 0 aromatic carbocycles. The Bertz CT molecular complexity index is 775. The number of nitrogens with zero attached hydrogens (tertiary/aromatic N) is 1. The molecule has 1 aliphatic carbocycles. The minimum atomic E-state index is -0.772. The molecule has 176 valence electrons. The maximum absolute atomic E-state index is 11.2. The van der Waals surface area contributed by atoms with E-state index in [-0.39, 0.29) is 6.04 Å². The molecule has 0 aromatic heterocycles. The molecule has 0 bridgehead atoms. The van der Waals surface area contributed by atoms with E-state index in [4.69, 9.17) is 4.74 Å². The molecule has 2 fully saturated rings. The first-order valence-electron chi connectivity index (χ1n) is 12.0. The van der Waals surface area contributed by atoms with Gasteiger partial charge in [-0.1, -0.05) is 37.5 Å². The molecule has 3 rings (SSSR count). The molecule has 0 spiro atoms. The van der Waals surface area contributed by atoms with Crippen LogP contribution in [0, 0.1) is 0 Å². The Balaban J connectivity index is 1.67. The molecule has 2 aliphatic heterocycles. The number of rotatable bonds is 12. The van der Waals surface area contributed by atoms with Crippen LogP contribution < -0.4 is 16.0 Å². The minimum Gasteiger partial charge on any atom is -0.380 e. The molecule has 4 N–H and O–H groups in total. The van der Waals surface area contributed by atoms with Gasteiger partial charge in [-0.15, -0.1) is 0 Å². The van der Waals surface area contributed by atoms with Crippen LogP contribution >= 0.6 is 0 Å². The van der Waals surface area contributed by atoms with Crippen molar-refractivity contribution in [1.82, 2.24) is 20.9 Å². The van der Waals surface area contributed by atoms with Gasteiger partial charge in [-0.05, 0) is 50.7 Å². The van der Waals surface area contributed by atoms with Crippen molar-refractivity contribution in [1.29, 1.82) is 0 Å². The van der Waals surface area contributed by atoms with E-state index in [2.05, 4.69) is 52.2 Å². The molecule has 6 nitrogen and oxygen atoms in total. The number of nitrogens with one attached hydrogen (secondary N) is 3. The van der Waals surface area contributed by atoms with Crippen LogP contribution in [-0.4, -0.2) is 61.7 Å². The molecular weight excluding hydrogens is 400 g/mol. The van der Waals surface area contributed by atoms with Gasteiger partial charge < -0.3 is 25.4 Å². The fraction of sp³-hybridized carbons (Fsp3) is 0.538. The first kappa shape index (κ1) is 24.5. The fourth-order valence-electron chi connectivity index (χ4n) is 4.44. The van der Waals surface area contributed by atoms with Gasteiger partial charge in [0.05, 0.1) is 6.61 Å². The lowest BCUT2D eigenvalue weighted by atomic mass is 9.92. The second-order valence-electron chi connectivity index (χ2n) is 8.49. The van der Waals surface area contributed by atoms with E-state index in [9.17, 15) is 5.11 Å². The van der Waals surface area contributed by atoms with Gasteiger partial charge in [-0.25, -0.2) is 0 Å². The SMILES string of the molecule is C=C/C(=C(\C=C\CNCCOCC)C(O)NC1C=C2CCC(=C)NC2=CC1)N1CCCC1. The third-order valence-corrected chi connectivity index (χ3v) is 6.12.